The van der Waals surface area contributed by atoms with Gasteiger partial charge in [0.2, 0.25) is 0 Å². The van der Waals surface area contributed by atoms with Gasteiger partial charge in [-0.2, -0.15) is 0 Å². The summed E-state index contributed by atoms with van der Waals surface area (Å²) in [5.74, 6) is 0.218. The Labute approximate surface area is 95.3 Å². The summed E-state index contributed by atoms with van der Waals surface area (Å²) in [7, 11) is -3.00. The highest BCUT2D eigenvalue weighted by Gasteiger charge is 2.25. The highest BCUT2D eigenvalue weighted by atomic mass is 32.2. The first-order valence-corrected chi connectivity index (χ1v) is 7.14. The first-order chi connectivity index (χ1) is 7.39. The lowest BCUT2D eigenvalue weighted by molar-refractivity contribution is 0.186. The van der Waals surface area contributed by atoms with E-state index in [4.69, 9.17) is 5.11 Å². The number of aliphatic hydroxyl groups is 1. The molecule has 0 bridgehead atoms. The molecule has 1 fully saturated rings. The van der Waals surface area contributed by atoms with Crippen molar-refractivity contribution in [3.05, 3.63) is 0 Å². The predicted molar refractivity (Wildman–Crippen MR) is 59.9 cm³/mol. The molecule has 3 N–H and O–H groups in total. The molecular formula is C9H18N2O4S. The van der Waals surface area contributed by atoms with Gasteiger partial charge >= 0.3 is 6.03 Å². The van der Waals surface area contributed by atoms with Crippen molar-refractivity contribution in [2.45, 2.75) is 31.9 Å². The number of rotatable bonds is 3. The van der Waals surface area contributed by atoms with Gasteiger partial charge in [0.25, 0.3) is 0 Å². The lowest BCUT2D eigenvalue weighted by atomic mass is 10.2. The normalized spacial score (nSPS) is 25.8. The Morgan fingerprint density at radius 3 is 2.81 bits per heavy atom. The van der Waals surface area contributed by atoms with E-state index in [1.807, 2.05) is 0 Å². The number of hydrogen-bond acceptors (Lipinski definition) is 4. The van der Waals surface area contributed by atoms with Crippen LogP contribution in [0.15, 0.2) is 0 Å². The third-order valence-corrected chi connectivity index (χ3v) is 4.18. The van der Waals surface area contributed by atoms with Crippen LogP contribution >= 0.6 is 0 Å². The van der Waals surface area contributed by atoms with Gasteiger partial charge in [-0.3, -0.25) is 0 Å². The van der Waals surface area contributed by atoms with E-state index in [9.17, 15) is 13.2 Å². The van der Waals surface area contributed by atoms with Gasteiger partial charge in [0.1, 0.15) is 0 Å². The Hall–Kier alpha value is -0.820. The molecule has 1 aliphatic rings. The van der Waals surface area contributed by atoms with Gasteiger partial charge in [-0.15, -0.1) is 0 Å². The Bertz CT molecular complexity index is 339. The largest absolute Gasteiger partial charge is 0.392 e. The van der Waals surface area contributed by atoms with Crippen LogP contribution in [0.25, 0.3) is 0 Å². The zero-order valence-electron chi connectivity index (χ0n) is 9.27. The van der Waals surface area contributed by atoms with E-state index in [1.54, 1.807) is 6.92 Å². The minimum absolute atomic E-state index is 0.00903. The van der Waals surface area contributed by atoms with Crippen LogP contribution in [-0.4, -0.2) is 49.8 Å². The number of amides is 2. The second kappa shape index (κ2) is 5.49. The van der Waals surface area contributed by atoms with E-state index in [2.05, 4.69) is 10.6 Å². The van der Waals surface area contributed by atoms with Crippen molar-refractivity contribution in [1.29, 1.82) is 0 Å². The molecule has 16 heavy (non-hydrogen) atoms. The van der Waals surface area contributed by atoms with Gasteiger partial charge in [0, 0.05) is 12.6 Å². The summed E-state index contributed by atoms with van der Waals surface area (Å²) in [4.78, 5) is 11.3. The van der Waals surface area contributed by atoms with E-state index in [0.29, 0.717) is 12.8 Å². The molecule has 6 nitrogen and oxygen atoms in total. The van der Waals surface area contributed by atoms with Crippen LogP contribution in [0.2, 0.25) is 0 Å². The summed E-state index contributed by atoms with van der Waals surface area (Å²) in [5.41, 5.74) is 0. The number of urea groups is 1. The van der Waals surface area contributed by atoms with E-state index < -0.39 is 22.0 Å². The standard InChI is InChI=1S/C9H18N2O4S/c1-7(12)5-10-9(13)11-8-3-2-4-16(14,15)6-8/h7-8,12H,2-6H2,1H3,(H2,10,11,13). The fourth-order valence-corrected chi connectivity index (χ4v) is 3.25. The third kappa shape index (κ3) is 4.80. The molecule has 0 spiro atoms. The van der Waals surface area contributed by atoms with Crippen LogP contribution in [0.1, 0.15) is 19.8 Å². The fourth-order valence-electron chi connectivity index (χ4n) is 1.61. The zero-order valence-corrected chi connectivity index (χ0v) is 10.1. The summed E-state index contributed by atoms with van der Waals surface area (Å²) in [6, 6.07) is -0.740. The van der Waals surface area contributed by atoms with Gasteiger partial charge in [-0.1, -0.05) is 0 Å². The van der Waals surface area contributed by atoms with Crippen LogP contribution in [0, 0.1) is 0 Å². The number of hydrogen-bond donors (Lipinski definition) is 3. The average Bonchev–Trinajstić information content (AvgIpc) is 2.13. The van der Waals surface area contributed by atoms with Crippen molar-refractivity contribution in [2.75, 3.05) is 18.1 Å². The molecule has 0 aromatic heterocycles. The van der Waals surface area contributed by atoms with Gasteiger partial charge in [-0.05, 0) is 19.8 Å². The molecule has 1 aliphatic heterocycles. The minimum Gasteiger partial charge on any atom is -0.392 e. The van der Waals surface area contributed by atoms with Crippen molar-refractivity contribution in [1.82, 2.24) is 10.6 Å². The number of aliphatic hydroxyl groups excluding tert-OH is 1. The molecule has 0 saturated carbocycles. The summed E-state index contributed by atoms with van der Waals surface area (Å²) in [6.45, 7) is 1.72. The summed E-state index contributed by atoms with van der Waals surface area (Å²) in [6.07, 6.45) is 0.659. The lowest BCUT2D eigenvalue weighted by Gasteiger charge is -2.23. The Balaban J connectivity index is 2.34. The van der Waals surface area contributed by atoms with E-state index in [0.717, 1.165) is 0 Å². The maximum Gasteiger partial charge on any atom is 0.315 e. The monoisotopic (exact) mass is 250 g/mol. The van der Waals surface area contributed by atoms with Crippen molar-refractivity contribution >= 4 is 15.9 Å². The molecule has 0 aliphatic carbocycles. The van der Waals surface area contributed by atoms with E-state index in [-0.39, 0.29) is 24.1 Å². The molecule has 0 aromatic rings. The zero-order chi connectivity index (χ0) is 12.2. The number of sulfone groups is 1. The molecule has 2 unspecified atom stereocenters. The molecule has 1 saturated heterocycles. The topological polar surface area (TPSA) is 95.5 Å². The molecule has 1 heterocycles. The molecule has 1 rings (SSSR count). The van der Waals surface area contributed by atoms with Crippen LogP contribution in [0.5, 0.6) is 0 Å². The smallest absolute Gasteiger partial charge is 0.315 e. The quantitative estimate of drug-likeness (QED) is 0.614. The molecule has 0 aromatic carbocycles. The first kappa shape index (κ1) is 13.2. The van der Waals surface area contributed by atoms with Crippen LogP contribution in [0.3, 0.4) is 0 Å². The molecule has 94 valence electrons. The predicted octanol–water partition coefficient (Wildman–Crippen LogP) is -0.756. The second-order valence-electron chi connectivity index (χ2n) is 4.16. The molecule has 0 radical (unpaired) electrons. The van der Waals surface area contributed by atoms with E-state index in [1.165, 1.54) is 0 Å². The summed E-state index contributed by atoms with van der Waals surface area (Å²) in [5, 5.41) is 14.0. The molecule has 7 heteroatoms. The number of carbonyl (C=O) groups excluding carboxylic acids is 1. The minimum atomic E-state index is -3.00. The lowest BCUT2D eigenvalue weighted by Crippen LogP contribution is -2.48. The average molecular weight is 250 g/mol. The third-order valence-electron chi connectivity index (χ3n) is 2.36. The Morgan fingerprint density at radius 1 is 1.56 bits per heavy atom. The van der Waals surface area contributed by atoms with Gasteiger partial charge in [-0.25, -0.2) is 13.2 Å². The van der Waals surface area contributed by atoms with Gasteiger partial charge in [0.15, 0.2) is 9.84 Å². The maximum atomic E-state index is 11.3. The molecule has 2 atom stereocenters. The second-order valence-corrected chi connectivity index (χ2v) is 6.39. The van der Waals surface area contributed by atoms with Crippen molar-refractivity contribution in [3.63, 3.8) is 0 Å². The molecule has 2 amide bonds. The summed E-state index contributed by atoms with van der Waals surface area (Å²) >= 11 is 0. The van der Waals surface area contributed by atoms with Gasteiger partial charge in [0.05, 0.1) is 17.6 Å². The number of nitrogens with one attached hydrogen (secondary N) is 2. The van der Waals surface area contributed by atoms with Crippen molar-refractivity contribution < 1.29 is 18.3 Å². The maximum absolute atomic E-state index is 11.3. The van der Waals surface area contributed by atoms with Crippen LogP contribution < -0.4 is 10.6 Å². The van der Waals surface area contributed by atoms with Crippen molar-refractivity contribution in [3.8, 4) is 0 Å². The van der Waals surface area contributed by atoms with Gasteiger partial charge < -0.3 is 15.7 Å². The molecular weight excluding hydrogens is 232 g/mol. The first-order valence-electron chi connectivity index (χ1n) is 5.32. The number of carbonyl (C=O) groups is 1. The SMILES string of the molecule is CC(O)CNC(=O)NC1CCCS(=O)(=O)C1. The Morgan fingerprint density at radius 2 is 2.25 bits per heavy atom. The van der Waals surface area contributed by atoms with Crippen molar-refractivity contribution in [2.24, 2.45) is 0 Å². The fraction of sp³-hybridized carbons (Fsp3) is 0.889. The van der Waals surface area contributed by atoms with E-state index >= 15 is 0 Å². The van der Waals surface area contributed by atoms with Crippen LogP contribution in [-0.2, 0) is 9.84 Å². The summed E-state index contributed by atoms with van der Waals surface area (Å²) < 4.78 is 22.6. The highest BCUT2D eigenvalue weighted by molar-refractivity contribution is 7.91. The Kier molecular flexibility index (Phi) is 4.55. The highest BCUT2D eigenvalue weighted by Crippen LogP contribution is 2.11. The van der Waals surface area contributed by atoms with Crippen LogP contribution in [0.4, 0.5) is 4.79 Å².